The molecule has 0 bridgehead atoms. The van der Waals surface area contributed by atoms with E-state index in [9.17, 15) is 0 Å². The maximum Gasteiger partial charge on any atom is 0.0927 e. The highest BCUT2D eigenvalue weighted by Gasteiger charge is 1.93. The predicted molar refractivity (Wildman–Crippen MR) is 46.3 cm³/mol. The third kappa shape index (κ3) is 2.46. The van der Waals surface area contributed by atoms with Gasteiger partial charge in [0.25, 0.3) is 0 Å². The highest BCUT2D eigenvalue weighted by Crippen LogP contribution is 2.05. The van der Waals surface area contributed by atoms with E-state index in [1.165, 1.54) is 5.56 Å². The Morgan fingerprint density at radius 1 is 1.36 bits per heavy atom. The number of hydrogen-bond acceptors (Lipinski definition) is 1. The normalized spacial score (nSPS) is 9.18. The average molecular weight is 148 g/mol. The Morgan fingerprint density at radius 2 is 2.00 bits per heavy atom. The lowest BCUT2D eigenvalue weighted by Gasteiger charge is -2.02. The molecule has 0 unspecified atom stereocenters. The van der Waals surface area contributed by atoms with Crippen molar-refractivity contribution in [3.8, 4) is 0 Å². The molecule has 0 amide bonds. The first kappa shape index (κ1) is 7.86. The Labute approximate surface area is 67.3 Å². The van der Waals surface area contributed by atoms with Gasteiger partial charge >= 0.3 is 0 Å². The van der Waals surface area contributed by atoms with Crippen molar-refractivity contribution in [2.24, 2.45) is 0 Å². The molecular formula is C10H12O. The summed E-state index contributed by atoms with van der Waals surface area (Å²) in [6, 6.07) is 10.1. The van der Waals surface area contributed by atoms with Crippen LogP contribution in [0.3, 0.4) is 0 Å². The second kappa shape index (κ2) is 3.81. The summed E-state index contributed by atoms with van der Waals surface area (Å²) in [5.74, 6) is 0.802. The van der Waals surface area contributed by atoms with E-state index in [4.69, 9.17) is 4.74 Å². The second-order valence-corrected chi connectivity index (χ2v) is 2.41. The van der Waals surface area contributed by atoms with Crippen LogP contribution in [0, 0.1) is 0 Å². The SMILES string of the molecule is C=C(Cc1ccccc1)OC. The first-order valence-electron chi connectivity index (χ1n) is 3.58. The Bertz CT molecular complexity index is 226. The molecule has 1 aromatic rings. The standard InChI is InChI=1S/C10H12O/c1-9(11-2)8-10-6-4-3-5-7-10/h3-7H,1,8H2,2H3. The topological polar surface area (TPSA) is 9.23 Å². The largest absolute Gasteiger partial charge is 0.501 e. The zero-order valence-electron chi connectivity index (χ0n) is 6.71. The molecule has 1 rings (SSSR count). The summed E-state index contributed by atoms with van der Waals surface area (Å²) in [5.41, 5.74) is 1.24. The molecule has 0 fully saturated rings. The molecule has 0 aliphatic carbocycles. The van der Waals surface area contributed by atoms with E-state index in [2.05, 4.69) is 18.7 Å². The molecule has 11 heavy (non-hydrogen) atoms. The molecule has 0 N–H and O–H groups in total. The molecule has 1 heteroatoms. The van der Waals surface area contributed by atoms with Gasteiger partial charge in [-0.2, -0.15) is 0 Å². The van der Waals surface area contributed by atoms with Gasteiger partial charge in [0.15, 0.2) is 0 Å². The van der Waals surface area contributed by atoms with Crippen LogP contribution in [0.25, 0.3) is 0 Å². The first-order valence-corrected chi connectivity index (χ1v) is 3.58. The quantitative estimate of drug-likeness (QED) is 0.598. The van der Waals surface area contributed by atoms with Gasteiger partial charge in [-0.05, 0) is 5.56 Å². The maximum atomic E-state index is 4.96. The van der Waals surface area contributed by atoms with E-state index < -0.39 is 0 Å². The lowest BCUT2D eigenvalue weighted by Crippen LogP contribution is -1.89. The van der Waals surface area contributed by atoms with E-state index in [1.807, 2.05) is 18.2 Å². The smallest absolute Gasteiger partial charge is 0.0927 e. The van der Waals surface area contributed by atoms with E-state index in [-0.39, 0.29) is 0 Å². The van der Waals surface area contributed by atoms with Crippen LogP contribution in [0.5, 0.6) is 0 Å². The fourth-order valence-electron chi connectivity index (χ4n) is 0.896. The highest BCUT2D eigenvalue weighted by molar-refractivity contribution is 5.18. The summed E-state index contributed by atoms with van der Waals surface area (Å²) < 4.78 is 4.96. The lowest BCUT2D eigenvalue weighted by molar-refractivity contribution is 0.285. The molecule has 0 aliphatic rings. The fraction of sp³-hybridized carbons (Fsp3) is 0.200. The number of rotatable bonds is 3. The van der Waals surface area contributed by atoms with Crippen LogP contribution in [0.1, 0.15) is 5.56 Å². The molecule has 1 nitrogen and oxygen atoms in total. The predicted octanol–water partition coefficient (Wildman–Crippen LogP) is 2.39. The van der Waals surface area contributed by atoms with Gasteiger partial charge in [-0.3, -0.25) is 0 Å². The van der Waals surface area contributed by atoms with Crippen LogP contribution in [-0.4, -0.2) is 7.11 Å². The first-order chi connectivity index (χ1) is 5.33. The molecule has 0 radical (unpaired) electrons. The summed E-state index contributed by atoms with van der Waals surface area (Å²) in [7, 11) is 1.64. The molecule has 0 atom stereocenters. The average Bonchev–Trinajstić information content (AvgIpc) is 2.06. The molecular weight excluding hydrogens is 136 g/mol. The molecule has 0 spiro atoms. The van der Waals surface area contributed by atoms with Crippen molar-refractivity contribution in [2.45, 2.75) is 6.42 Å². The zero-order valence-corrected chi connectivity index (χ0v) is 6.71. The lowest BCUT2D eigenvalue weighted by atomic mass is 10.1. The molecule has 0 saturated heterocycles. The number of benzene rings is 1. The van der Waals surface area contributed by atoms with Gasteiger partial charge in [0.2, 0.25) is 0 Å². The van der Waals surface area contributed by atoms with Crippen molar-refractivity contribution >= 4 is 0 Å². The van der Waals surface area contributed by atoms with Gasteiger partial charge in [0.05, 0.1) is 12.9 Å². The van der Waals surface area contributed by atoms with Crippen LogP contribution in [-0.2, 0) is 11.2 Å². The zero-order chi connectivity index (χ0) is 8.10. The molecule has 0 aromatic heterocycles. The van der Waals surface area contributed by atoms with Gasteiger partial charge in [0.1, 0.15) is 0 Å². The molecule has 1 aromatic carbocycles. The summed E-state index contributed by atoms with van der Waals surface area (Å²) in [6.45, 7) is 3.75. The minimum Gasteiger partial charge on any atom is -0.501 e. The Hall–Kier alpha value is -1.24. The van der Waals surface area contributed by atoms with E-state index in [0.29, 0.717) is 0 Å². The minimum atomic E-state index is 0.802. The van der Waals surface area contributed by atoms with Crippen LogP contribution < -0.4 is 0 Å². The van der Waals surface area contributed by atoms with Crippen molar-refractivity contribution in [2.75, 3.05) is 7.11 Å². The summed E-state index contributed by atoms with van der Waals surface area (Å²) in [6.07, 6.45) is 0.803. The molecule has 0 aliphatic heterocycles. The van der Waals surface area contributed by atoms with Gasteiger partial charge in [-0.25, -0.2) is 0 Å². The Kier molecular flexibility index (Phi) is 2.73. The third-order valence-electron chi connectivity index (χ3n) is 1.53. The van der Waals surface area contributed by atoms with Crippen LogP contribution in [0.15, 0.2) is 42.7 Å². The van der Waals surface area contributed by atoms with Gasteiger partial charge in [-0.15, -0.1) is 0 Å². The van der Waals surface area contributed by atoms with Gasteiger partial charge in [-0.1, -0.05) is 36.9 Å². The van der Waals surface area contributed by atoms with Crippen molar-refractivity contribution < 1.29 is 4.74 Å². The van der Waals surface area contributed by atoms with Crippen LogP contribution in [0.2, 0.25) is 0 Å². The monoisotopic (exact) mass is 148 g/mol. The third-order valence-corrected chi connectivity index (χ3v) is 1.53. The summed E-state index contributed by atoms with van der Waals surface area (Å²) in [5, 5.41) is 0. The molecule has 58 valence electrons. The summed E-state index contributed by atoms with van der Waals surface area (Å²) >= 11 is 0. The number of ether oxygens (including phenoxy) is 1. The molecule has 0 saturated carbocycles. The minimum absolute atomic E-state index is 0.802. The van der Waals surface area contributed by atoms with Crippen LogP contribution in [0.4, 0.5) is 0 Å². The van der Waals surface area contributed by atoms with Crippen molar-refractivity contribution in [3.05, 3.63) is 48.2 Å². The highest BCUT2D eigenvalue weighted by atomic mass is 16.5. The fourth-order valence-corrected chi connectivity index (χ4v) is 0.896. The van der Waals surface area contributed by atoms with E-state index >= 15 is 0 Å². The number of methoxy groups -OCH3 is 1. The number of hydrogen-bond donors (Lipinski definition) is 0. The van der Waals surface area contributed by atoms with E-state index in [0.717, 1.165) is 12.2 Å². The maximum absolute atomic E-state index is 4.96. The van der Waals surface area contributed by atoms with Crippen LogP contribution >= 0.6 is 0 Å². The van der Waals surface area contributed by atoms with Crippen molar-refractivity contribution in [3.63, 3.8) is 0 Å². The van der Waals surface area contributed by atoms with Crippen molar-refractivity contribution in [1.29, 1.82) is 0 Å². The van der Waals surface area contributed by atoms with Gasteiger partial charge < -0.3 is 4.74 Å². The Morgan fingerprint density at radius 3 is 2.55 bits per heavy atom. The Balaban J connectivity index is 2.58. The number of allylic oxidation sites excluding steroid dienone is 1. The second-order valence-electron chi connectivity index (χ2n) is 2.41. The molecule has 0 heterocycles. The van der Waals surface area contributed by atoms with Gasteiger partial charge in [0, 0.05) is 6.42 Å². The van der Waals surface area contributed by atoms with Crippen molar-refractivity contribution in [1.82, 2.24) is 0 Å². The summed E-state index contributed by atoms with van der Waals surface area (Å²) in [4.78, 5) is 0. The van der Waals surface area contributed by atoms with E-state index in [1.54, 1.807) is 7.11 Å².